The Labute approximate surface area is 134 Å². The topological polar surface area (TPSA) is 50.4 Å². The predicted molar refractivity (Wildman–Crippen MR) is 89.4 cm³/mol. The van der Waals surface area contributed by atoms with Crippen molar-refractivity contribution in [3.05, 3.63) is 29.8 Å². The van der Waals surface area contributed by atoms with Crippen LogP contribution in [0.1, 0.15) is 38.7 Å². The van der Waals surface area contributed by atoms with Crippen LogP contribution in [0.2, 0.25) is 0 Å². The molecule has 1 aromatic rings. The number of hydrogen-bond donors (Lipinski definition) is 2. The molecule has 0 radical (unpaired) electrons. The number of halogens is 1. The number of carbonyl (C=O) groups is 1. The molecule has 120 valence electrons. The van der Waals surface area contributed by atoms with E-state index < -0.39 is 0 Å². The molecule has 0 bridgehead atoms. The van der Waals surface area contributed by atoms with Crippen LogP contribution < -0.4 is 15.4 Å². The molecular weight excluding hydrogens is 288 g/mol. The second-order valence-corrected chi connectivity index (χ2v) is 5.11. The highest BCUT2D eigenvalue weighted by atomic mass is 35.5. The number of methoxy groups -OCH3 is 1. The number of hydrogen-bond acceptors (Lipinski definition) is 3. The third-order valence-corrected chi connectivity index (χ3v) is 3.32. The number of ether oxygens (including phenoxy) is 1. The highest BCUT2D eigenvalue weighted by molar-refractivity contribution is 5.85. The van der Waals surface area contributed by atoms with Gasteiger partial charge < -0.3 is 15.4 Å². The zero-order chi connectivity index (χ0) is 15.0. The molecule has 1 rings (SSSR count). The molecule has 0 fully saturated rings. The summed E-state index contributed by atoms with van der Waals surface area (Å²) in [7, 11) is 1.66. The fourth-order valence-electron chi connectivity index (χ4n) is 2.22. The fraction of sp³-hybridized carbons (Fsp3) is 0.562. The highest BCUT2D eigenvalue weighted by Crippen LogP contribution is 2.28. The number of carbonyl (C=O) groups excluding carboxylic acids is 1. The van der Waals surface area contributed by atoms with Gasteiger partial charge in [0.25, 0.3) is 0 Å². The van der Waals surface area contributed by atoms with Crippen molar-refractivity contribution >= 4 is 18.3 Å². The van der Waals surface area contributed by atoms with Gasteiger partial charge in [0.05, 0.1) is 7.11 Å². The molecule has 21 heavy (non-hydrogen) atoms. The summed E-state index contributed by atoms with van der Waals surface area (Å²) in [6, 6.07) is 8.15. The molecule has 5 heteroatoms. The highest BCUT2D eigenvalue weighted by Gasteiger charge is 2.15. The van der Waals surface area contributed by atoms with E-state index in [1.54, 1.807) is 7.11 Å². The maximum atomic E-state index is 12.0. The smallest absolute Gasteiger partial charge is 0.220 e. The molecule has 1 unspecified atom stereocenters. The molecule has 0 saturated heterocycles. The summed E-state index contributed by atoms with van der Waals surface area (Å²) in [4.78, 5) is 12.0. The minimum atomic E-state index is 0. The Bertz CT molecular complexity index is 426. The lowest BCUT2D eigenvalue weighted by Gasteiger charge is -2.17. The van der Waals surface area contributed by atoms with E-state index in [0.717, 1.165) is 17.9 Å². The van der Waals surface area contributed by atoms with Crippen molar-refractivity contribution in [2.45, 2.75) is 39.2 Å². The molecule has 0 spiro atoms. The third-order valence-electron chi connectivity index (χ3n) is 3.32. The maximum Gasteiger partial charge on any atom is 0.220 e. The minimum absolute atomic E-state index is 0. The second-order valence-electron chi connectivity index (χ2n) is 5.11. The van der Waals surface area contributed by atoms with Crippen molar-refractivity contribution < 1.29 is 9.53 Å². The second kappa shape index (κ2) is 10.5. The van der Waals surface area contributed by atoms with Crippen LogP contribution in [0.25, 0.3) is 0 Å². The normalized spacial score (nSPS) is 13.0. The van der Waals surface area contributed by atoms with Crippen molar-refractivity contribution in [2.24, 2.45) is 0 Å². The molecular formula is C16H27ClN2O2. The molecule has 2 atom stereocenters. The van der Waals surface area contributed by atoms with E-state index in [9.17, 15) is 4.79 Å². The number of amides is 1. The molecule has 2 N–H and O–H groups in total. The first kappa shape index (κ1) is 19.7. The number of rotatable bonds is 8. The Kier molecular flexibility index (Phi) is 9.84. The summed E-state index contributed by atoms with van der Waals surface area (Å²) in [5, 5.41) is 6.23. The van der Waals surface area contributed by atoms with E-state index in [-0.39, 0.29) is 24.2 Å². The average Bonchev–Trinajstić information content (AvgIpc) is 2.45. The first-order valence-corrected chi connectivity index (χ1v) is 7.21. The van der Waals surface area contributed by atoms with Crippen LogP contribution >= 0.6 is 12.4 Å². The minimum Gasteiger partial charge on any atom is -0.496 e. The molecule has 0 aliphatic carbocycles. The molecule has 1 amide bonds. The zero-order valence-corrected chi connectivity index (χ0v) is 14.1. The van der Waals surface area contributed by atoms with Crippen LogP contribution in [-0.4, -0.2) is 32.1 Å². The van der Waals surface area contributed by atoms with E-state index >= 15 is 0 Å². The molecule has 0 aliphatic heterocycles. The molecule has 0 saturated carbocycles. The van der Waals surface area contributed by atoms with E-state index in [1.165, 1.54) is 0 Å². The Morgan fingerprint density at radius 2 is 1.95 bits per heavy atom. The summed E-state index contributed by atoms with van der Waals surface area (Å²) < 4.78 is 5.34. The Morgan fingerprint density at radius 3 is 2.57 bits per heavy atom. The van der Waals surface area contributed by atoms with Gasteiger partial charge in [-0.2, -0.15) is 0 Å². The summed E-state index contributed by atoms with van der Waals surface area (Å²) in [5.41, 5.74) is 1.07. The van der Waals surface area contributed by atoms with E-state index in [1.807, 2.05) is 31.2 Å². The van der Waals surface area contributed by atoms with Gasteiger partial charge in [0.2, 0.25) is 5.91 Å². The van der Waals surface area contributed by atoms with Crippen molar-refractivity contribution in [1.82, 2.24) is 10.6 Å². The zero-order valence-electron chi connectivity index (χ0n) is 13.3. The monoisotopic (exact) mass is 314 g/mol. The number of para-hydroxylation sites is 1. The largest absolute Gasteiger partial charge is 0.496 e. The van der Waals surface area contributed by atoms with Gasteiger partial charge in [-0.1, -0.05) is 32.0 Å². The number of benzene rings is 1. The number of likely N-dealkylation sites (N-methyl/N-ethyl adjacent to an activating group) is 1. The van der Waals surface area contributed by atoms with Gasteiger partial charge in [-0.25, -0.2) is 0 Å². The first-order chi connectivity index (χ1) is 9.58. The summed E-state index contributed by atoms with van der Waals surface area (Å²) in [5.74, 6) is 1.06. The SMILES string of the molecule is CCN[C@H](C)CNC(=O)CC(C)c1ccccc1OC.Cl. The van der Waals surface area contributed by atoms with Gasteiger partial charge in [-0.3, -0.25) is 4.79 Å². The van der Waals surface area contributed by atoms with Gasteiger partial charge in [0, 0.05) is 19.0 Å². The Balaban J connectivity index is 0.00000400. The summed E-state index contributed by atoms with van der Waals surface area (Å²) in [6.45, 7) is 7.74. The van der Waals surface area contributed by atoms with E-state index in [0.29, 0.717) is 19.0 Å². The predicted octanol–water partition coefficient (Wildman–Crippen LogP) is 2.72. The fourth-order valence-corrected chi connectivity index (χ4v) is 2.22. The van der Waals surface area contributed by atoms with Crippen LogP contribution in [0.15, 0.2) is 24.3 Å². The van der Waals surface area contributed by atoms with Crippen LogP contribution in [0, 0.1) is 0 Å². The molecule has 0 heterocycles. The van der Waals surface area contributed by atoms with E-state index in [4.69, 9.17) is 4.74 Å². The van der Waals surface area contributed by atoms with Crippen LogP contribution in [-0.2, 0) is 4.79 Å². The van der Waals surface area contributed by atoms with Crippen LogP contribution in [0.5, 0.6) is 5.75 Å². The van der Waals surface area contributed by atoms with Crippen molar-refractivity contribution in [3.63, 3.8) is 0 Å². The molecule has 1 aromatic carbocycles. The first-order valence-electron chi connectivity index (χ1n) is 7.21. The van der Waals surface area contributed by atoms with Crippen molar-refractivity contribution in [3.8, 4) is 5.75 Å². The lowest BCUT2D eigenvalue weighted by atomic mass is 9.96. The Hall–Kier alpha value is -1.26. The Morgan fingerprint density at radius 1 is 1.29 bits per heavy atom. The maximum absolute atomic E-state index is 12.0. The van der Waals surface area contributed by atoms with Gasteiger partial charge in [0.1, 0.15) is 5.75 Å². The lowest BCUT2D eigenvalue weighted by Crippen LogP contribution is -2.39. The van der Waals surface area contributed by atoms with Gasteiger partial charge in [0.15, 0.2) is 0 Å². The van der Waals surface area contributed by atoms with Gasteiger partial charge >= 0.3 is 0 Å². The van der Waals surface area contributed by atoms with Gasteiger partial charge in [-0.15, -0.1) is 12.4 Å². The third kappa shape index (κ3) is 6.82. The van der Waals surface area contributed by atoms with E-state index in [2.05, 4.69) is 24.5 Å². The van der Waals surface area contributed by atoms with Crippen LogP contribution in [0.4, 0.5) is 0 Å². The van der Waals surface area contributed by atoms with Gasteiger partial charge in [-0.05, 0) is 31.0 Å². The lowest BCUT2D eigenvalue weighted by molar-refractivity contribution is -0.121. The number of nitrogens with one attached hydrogen (secondary N) is 2. The standard InChI is InChI=1S/C16H26N2O2.ClH/c1-5-17-13(3)11-18-16(19)10-12(2)14-8-6-7-9-15(14)20-4;/h6-9,12-13,17H,5,10-11H2,1-4H3,(H,18,19);1H/t12?,13-;/m1./s1. The molecule has 0 aliphatic rings. The van der Waals surface area contributed by atoms with Crippen molar-refractivity contribution in [2.75, 3.05) is 20.2 Å². The van der Waals surface area contributed by atoms with Crippen LogP contribution in [0.3, 0.4) is 0 Å². The quantitative estimate of drug-likeness (QED) is 0.775. The average molecular weight is 315 g/mol. The molecule has 0 aromatic heterocycles. The summed E-state index contributed by atoms with van der Waals surface area (Å²) in [6.07, 6.45) is 0.471. The molecule has 4 nitrogen and oxygen atoms in total. The summed E-state index contributed by atoms with van der Waals surface area (Å²) >= 11 is 0. The van der Waals surface area contributed by atoms with Crippen molar-refractivity contribution in [1.29, 1.82) is 0 Å².